The molecule has 1 amide bonds. The zero-order chi connectivity index (χ0) is 16.1. The molecule has 0 aliphatic rings. The minimum atomic E-state index is -0.0822. The number of thioether (sulfide) groups is 1. The van der Waals surface area contributed by atoms with Crippen LogP contribution in [-0.2, 0) is 11.2 Å². The summed E-state index contributed by atoms with van der Waals surface area (Å²) in [6.45, 7) is 0. The molecule has 0 bridgehead atoms. The summed E-state index contributed by atoms with van der Waals surface area (Å²) in [5.41, 5.74) is 3.28. The fourth-order valence-electron chi connectivity index (χ4n) is 2.14. The maximum Gasteiger partial charge on any atom is 0.230 e. The zero-order valence-corrected chi connectivity index (χ0v) is 14.2. The Labute approximate surface area is 143 Å². The van der Waals surface area contributed by atoms with Crippen molar-refractivity contribution < 1.29 is 4.79 Å². The summed E-state index contributed by atoms with van der Waals surface area (Å²) in [6.07, 6.45) is 2.25. The highest BCUT2D eigenvalue weighted by Crippen LogP contribution is 2.23. The van der Waals surface area contributed by atoms with Crippen LogP contribution in [0.5, 0.6) is 0 Å². The van der Waals surface area contributed by atoms with Crippen LogP contribution in [-0.4, -0.2) is 22.4 Å². The standard InChI is InChI=1S/C17H15N3OS2/c1-22-17-20-19-16(23-17)18-15(21)11-12-7-9-14(10-8-12)13-5-3-2-4-6-13/h2-10H,11H2,1H3,(H,18,19,21). The summed E-state index contributed by atoms with van der Waals surface area (Å²) in [6, 6.07) is 18.2. The largest absolute Gasteiger partial charge is 0.300 e. The third-order valence-electron chi connectivity index (χ3n) is 3.25. The van der Waals surface area contributed by atoms with E-state index in [1.807, 2.05) is 48.7 Å². The quantitative estimate of drug-likeness (QED) is 0.560. The number of benzene rings is 2. The topological polar surface area (TPSA) is 54.9 Å². The van der Waals surface area contributed by atoms with E-state index in [1.165, 1.54) is 28.7 Å². The van der Waals surface area contributed by atoms with Crippen molar-refractivity contribution in [2.75, 3.05) is 11.6 Å². The lowest BCUT2D eigenvalue weighted by Gasteiger charge is -2.04. The van der Waals surface area contributed by atoms with Crippen molar-refractivity contribution in [1.29, 1.82) is 0 Å². The van der Waals surface area contributed by atoms with Crippen LogP contribution in [0.25, 0.3) is 11.1 Å². The first-order chi connectivity index (χ1) is 11.2. The summed E-state index contributed by atoms with van der Waals surface area (Å²) in [7, 11) is 0. The molecular formula is C17H15N3OS2. The SMILES string of the molecule is CSc1nnc(NC(=O)Cc2ccc(-c3ccccc3)cc2)s1. The molecule has 0 saturated heterocycles. The first kappa shape index (κ1) is 15.7. The highest BCUT2D eigenvalue weighted by molar-refractivity contribution is 8.00. The van der Waals surface area contributed by atoms with Gasteiger partial charge in [-0.25, -0.2) is 0 Å². The summed E-state index contributed by atoms with van der Waals surface area (Å²) in [4.78, 5) is 12.1. The van der Waals surface area contributed by atoms with Crippen LogP contribution in [0.3, 0.4) is 0 Å². The number of carbonyl (C=O) groups excluding carboxylic acids is 1. The first-order valence-electron chi connectivity index (χ1n) is 7.06. The van der Waals surface area contributed by atoms with Gasteiger partial charge in [0.1, 0.15) is 0 Å². The second-order valence-corrected chi connectivity index (χ2v) is 6.90. The van der Waals surface area contributed by atoms with E-state index >= 15 is 0 Å². The van der Waals surface area contributed by atoms with Crippen molar-refractivity contribution >= 4 is 34.1 Å². The van der Waals surface area contributed by atoms with Gasteiger partial charge in [-0.05, 0) is 22.9 Å². The summed E-state index contributed by atoms with van der Waals surface area (Å²) < 4.78 is 0.840. The molecule has 0 fully saturated rings. The van der Waals surface area contributed by atoms with E-state index in [-0.39, 0.29) is 5.91 Å². The molecule has 0 radical (unpaired) electrons. The van der Waals surface area contributed by atoms with Crippen LogP contribution in [0.2, 0.25) is 0 Å². The minimum absolute atomic E-state index is 0.0822. The molecule has 2 aromatic carbocycles. The first-order valence-corrected chi connectivity index (χ1v) is 9.10. The van der Waals surface area contributed by atoms with Crippen molar-refractivity contribution in [3.63, 3.8) is 0 Å². The maximum absolute atomic E-state index is 12.1. The van der Waals surface area contributed by atoms with Gasteiger partial charge in [0.25, 0.3) is 0 Å². The van der Waals surface area contributed by atoms with E-state index in [2.05, 4.69) is 27.6 Å². The number of aromatic nitrogens is 2. The van der Waals surface area contributed by atoms with Gasteiger partial charge in [0.05, 0.1) is 6.42 Å². The lowest BCUT2D eigenvalue weighted by atomic mass is 10.0. The van der Waals surface area contributed by atoms with E-state index in [0.717, 1.165) is 15.5 Å². The number of nitrogens with zero attached hydrogens (tertiary/aromatic N) is 2. The van der Waals surface area contributed by atoms with Crippen molar-refractivity contribution in [2.45, 2.75) is 10.8 Å². The number of rotatable bonds is 5. The summed E-state index contributed by atoms with van der Waals surface area (Å²) >= 11 is 2.89. The molecule has 3 aromatic rings. The van der Waals surface area contributed by atoms with E-state index in [1.54, 1.807) is 0 Å². The third-order valence-corrected chi connectivity index (χ3v) is 5.07. The van der Waals surface area contributed by atoms with E-state index in [4.69, 9.17) is 0 Å². The van der Waals surface area contributed by atoms with Gasteiger partial charge in [-0.1, -0.05) is 77.7 Å². The molecule has 23 heavy (non-hydrogen) atoms. The van der Waals surface area contributed by atoms with Crippen LogP contribution < -0.4 is 5.32 Å². The summed E-state index contributed by atoms with van der Waals surface area (Å²) in [5.74, 6) is -0.0822. The Morgan fingerprint density at radius 1 is 1.04 bits per heavy atom. The molecule has 1 N–H and O–H groups in total. The van der Waals surface area contributed by atoms with E-state index < -0.39 is 0 Å². The summed E-state index contributed by atoms with van der Waals surface area (Å²) in [5, 5.41) is 11.2. The lowest BCUT2D eigenvalue weighted by molar-refractivity contribution is -0.115. The zero-order valence-electron chi connectivity index (χ0n) is 12.5. The van der Waals surface area contributed by atoms with E-state index in [9.17, 15) is 4.79 Å². The lowest BCUT2D eigenvalue weighted by Crippen LogP contribution is -2.14. The molecule has 1 heterocycles. The Kier molecular flexibility index (Phi) is 5.05. The maximum atomic E-state index is 12.1. The number of nitrogens with one attached hydrogen (secondary N) is 1. The fourth-order valence-corrected chi connectivity index (χ4v) is 3.32. The molecule has 0 aliphatic heterocycles. The number of anilines is 1. The molecule has 6 heteroatoms. The van der Waals surface area contributed by atoms with Gasteiger partial charge in [0.2, 0.25) is 11.0 Å². The predicted octanol–water partition coefficient (Wildman–Crippen LogP) is 4.11. The molecule has 3 rings (SSSR count). The molecule has 116 valence electrons. The average Bonchev–Trinajstić information content (AvgIpc) is 3.04. The predicted molar refractivity (Wildman–Crippen MR) is 95.9 cm³/mol. The number of carbonyl (C=O) groups is 1. The van der Waals surface area contributed by atoms with Gasteiger partial charge in [0, 0.05) is 0 Å². The van der Waals surface area contributed by atoms with Crippen LogP contribution in [0.1, 0.15) is 5.56 Å². The molecule has 4 nitrogen and oxygen atoms in total. The molecule has 0 saturated carbocycles. The van der Waals surface area contributed by atoms with Crippen LogP contribution in [0.15, 0.2) is 58.9 Å². The highest BCUT2D eigenvalue weighted by Gasteiger charge is 2.08. The Hall–Kier alpha value is -2.18. The number of amides is 1. The van der Waals surface area contributed by atoms with Crippen molar-refractivity contribution in [2.24, 2.45) is 0 Å². The van der Waals surface area contributed by atoms with Gasteiger partial charge in [-0.3, -0.25) is 4.79 Å². The Morgan fingerprint density at radius 2 is 1.74 bits per heavy atom. The Morgan fingerprint density at radius 3 is 2.39 bits per heavy atom. The molecule has 0 aliphatic carbocycles. The Bertz CT molecular complexity index is 785. The Balaban J connectivity index is 1.62. The van der Waals surface area contributed by atoms with Crippen LogP contribution in [0.4, 0.5) is 5.13 Å². The van der Waals surface area contributed by atoms with Gasteiger partial charge < -0.3 is 5.32 Å². The molecule has 0 atom stereocenters. The molecule has 0 spiro atoms. The van der Waals surface area contributed by atoms with Crippen molar-refractivity contribution in [3.05, 3.63) is 60.2 Å². The smallest absolute Gasteiger partial charge is 0.230 e. The molecule has 1 aromatic heterocycles. The van der Waals surface area contributed by atoms with Gasteiger partial charge in [-0.2, -0.15) is 0 Å². The van der Waals surface area contributed by atoms with Gasteiger partial charge in [-0.15, -0.1) is 10.2 Å². The second kappa shape index (κ2) is 7.39. The van der Waals surface area contributed by atoms with E-state index in [0.29, 0.717) is 11.6 Å². The average molecular weight is 341 g/mol. The fraction of sp³-hybridized carbons (Fsp3) is 0.118. The van der Waals surface area contributed by atoms with Gasteiger partial charge >= 0.3 is 0 Å². The third kappa shape index (κ3) is 4.18. The van der Waals surface area contributed by atoms with Crippen molar-refractivity contribution in [3.8, 4) is 11.1 Å². The molecule has 0 unspecified atom stereocenters. The number of hydrogen-bond acceptors (Lipinski definition) is 5. The van der Waals surface area contributed by atoms with Crippen molar-refractivity contribution in [1.82, 2.24) is 10.2 Å². The van der Waals surface area contributed by atoms with Crippen LogP contribution >= 0.6 is 23.1 Å². The molecular weight excluding hydrogens is 326 g/mol. The monoisotopic (exact) mass is 341 g/mol. The normalized spacial score (nSPS) is 10.5. The second-order valence-electron chi connectivity index (χ2n) is 4.87. The highest BCUT2D eigenvalue weighted by atomic mass is 32.2. The van der Waals surface area contributed by atoms with Gasteiger partial charge in [0.15, 0.2) is 4.34 Å². The van der Waals surface area contributed by atoms with Crippen LogP contribution in [0, 0.1) is 0 Å². The number of hydrogen-bond donors (Lipinski definition) is 1. The minimum Gasteiger partial charge on any atom is -0.300 e.